The van der Waals surface area contributed by atoms with Crippen LogP contribution in [0.15, 0.2) is 18.3 Å². The summed E-state index contributed by atoms with van der Waals surface area (Å²) in [4.78, 5) is 3.99. The summed E-state index contributed by atoms with van der Waals surface area (Å²) < 4.78 is 0. The number of halogens is 2. The van der Waals surface area contributed by atoms with E-state index in [1.807, 2.05) is 19.1 Å². The van der Waals surface area contributed by atoms with Gasteiger partial charge in [0.1, 0.15) is 0 Å². The number of rotatable bonds is 1. The molecule has 0 aliphatic heterocycles. The average Bonchev–Trinajstić information content (AvgIpc) is 1.90. The van der Waals surface area contributed by atoms with E-state index in [0.717, 1.165) is 11.3 Å². The molecule has 0 unspecified atom stereocenters. The third-order valence-corrected chi connectivity index (χ3v) is 1.16. The summed E-state index contributed by atoms with van der Waals surface area (Å²) in [5.74, 6) is 0. The fourth-order valence-electron chi connectivity index (χ4n) is 0.592. The summed E-state index contributed by atoms with van der Waals surface area (Å²) in [6.07, 6.45) is 1.68. The van der Waals surface area contributed by atoms with Crippen molar-refractivity contribution in [2.24, 2.45) is 0 Å². The molecule has 0 bridgehead atoms. The molecule has 0 amide bonds. The minimum atomic E-state index is 0. The monoisotopic (exact) mass is 195 g/mol. The van der Waals surface area contributed by atoms with Crippen LogP contribution >= 0.6 is 24.8 Å². The molecule has 1 aromatic rings. The normalized spacial score (nSPS) is 7.82. The molecule has 2 nitrogen and oxygen atoms in total. The van der Waals surface area contributed by atoms with E-state index in [0.29, 0.717) is 0 Å². The van der Waals surface area contributed by atoms with Gasteiger partial charge in [-0.1, -0.05) is 6.07 Å². The highest BCUT2D eigenvalue weighted by Gasteiger charge is 1.87. The molecule has 0 aliphatic carbocycles. The number of nitrogens with zero attached hydrogens (tertiary/aromatic N) is 1. The lowest BCUT2D eigenvalue weighted by Crippen LogP contribution is -1.85. The van der Waals surface area contributed by atoms with E-state index in [1.54, 1.807) is 6.20 Å². The molecule has 0 atom stereocenters. The van der Waals surface area contributed by atoms with Crippen molar-refractivity contribution in [1.29, 1.82) is 0 Å². The highest BCUT2D eigenvalue weighted by Crippen LogP contribution is 1.97. The minimum absolute atomic E-state index is 0. The molecule has 0 aromatic carbocycles. The molecule has 11 heavy (non-hydrogen) atoms. The summed E-state index contributed by atoms with van der Waals surface area (Å²) >= 11 is 0. The maximum absolute atomic E-state index is 8.59. The minimum Gasteiger partial charge on any atom is -0.392 e. The van der Waals surface area contributed by atoms with Crippen molar-refractivity contribution in [1.82, 2.24) is 4.98 Å². The van der Waals surface area contributed by atoms with Crippen molar-refractivity contribution in [3.8, 4) is 0 Å². The quantitative estimate of drug-likeness (QED) is 0.741. The van der Waals surface area contributed by atoms with Crippen LogP contribution in [0.2, 0.25) is 0 Å². The van der Waals surface area contributed by atoms with E-state index in [2.05, 4.69) is 4.98 Å². The Balaban J connectivity index is 0. The van der Waals surface area contributed by atoms with Crippen LogP contribution in [0.3, 0.4) is 0 Å². The predicted molar refractivity (Wildman–Crippen MR) is 49.4 cm³/mol. The second kappa shape index (κ2) is 6.40. The van der Waals surface area contributed by atoms with Crippen LogP contribution < -0.4 is 0 Å². The van der Waals surface area contributed by atoms with E-state index in [4.69, 9.17) is 5.11 Å². The van der Waals surface area contributed by atoms with Crippen molar-refractivity contribution < 1.29 is 5.11 Å². The van der Waals surface area contributed by atoms with Gasteiger partial charge in [0.05, 0.1) is 6.61 Å². The Morgan fingerprint density at radius 2 is 2.00 bits per heavy atom. The molecule has 0 fully saturated rings. The lowest BCUT2D eigenvalue weighted by molar-refractivity contribution is 0.281. The molecule has 1 heterocycles. The molecule has 64 valence electrons. The van der Waals surface area contributed by atoms with Crippen molar-refractivity contribution >= 4 is 24.8 Å². The Labute approximate surface area is 78.5 Å². The highest BCUT2D eigenvalue weighted by atomic mass is 35.5. The standard InChI is InChI=1S/C7H9NO.2ClH/c1-6-2-3-7(5-9)4-8-6;;/h2-4,9H,5H2,1H3;2*1H. The summed E-state index contributed by atoms with van der Waals surface area (Å²) in [6.45, 7) is 1.99. The molecule has 0 aliphatic rings. The van der Waals surface area contributed by atoms with Gasteiger partial charge in [0.15, 0.2) is 0 Å². The van der Waals surface area contributed by atoms with Gasteiger partial charge >= 0.3 is 0 Å². The fourth-order valence-corrected chi connectivity index (χ4v) is 0.592. The van der Waals surface area contributed by atoms with Crippen molar-refractivity contribution in [3.05, 3.63) is 29.6 Å². The molecule has 0 radical (unpaired) electrons. The predicted octanol–water partition coefficient (Wildman–Crippen LogP) is 1.73. The molecular formula is C7H11Cl2NO. The van der Waals surface area contributed by atoms with Gasteiger partial charge in [-0.3, -0.25) is 4.98 Å². The van der Waals surface area contributed by atoms with Gasteiger partial charge in [-0.25, -0.2) is 0 Å². The lowest BCUT2D eigenvalue weighted by atomic mass is 10.3. The van der Waals surface area contributed by atoms with Crippen LogP contribution in [0, 0.1) is 6.92 Å². The number of aromatic nitrogens is 1. The Hall–Kier alpha value is -0.310. The Bertz CT molecular complexity index is 188. The first-order valence-corrected chi connectivity index (χ1v) is 2.85. The van der Waals surface area contributed by atoms with Gasteiger partial charge in [0.2, 0.25) is 0 Å². The molecular weight excluding hydrogens is 185 g/mol. The van der Waals surface area contributed by atoms with E-state index in [1.165, 1.54) is 0 Å². The molecule has 4 heteroatoms. The number of pyridine rings is 1. The first kappa shape index (κ1) is 13.3. The topological polar surface area (TPSA) is 33.1 Å². The summed E-state index contributed by atoms with van der Waals surface area (Å²) in [7, 11) is 0. The summed E-state index contributed by atoms with van der Waals surface area (Å²) in [5, 5.41) is 8.59. The van der Waals surface area contributed by atoms with Gasteiger partial charge < -0.3 is 5.11 Å². The fraction of sp³-hybridized carbons (Fsp3) is 0.286. The van der Waals surface area contributed by atoms with Gasteiger partial charge in [0.25, 0.3) is 0 Å². The zero-order valence-corrected chi connectivity index (χ0v) is 7.78. The van der Waals surface area contributed by atoms with Gasteiger partial charge in [-0.2, -0.15) is 0 Å². The number of hydrogen-bond donors (Lipinski definition) is 1. The largest absolute Gasteiger partial charge is 0.392 e. The zero-order chi connectivity index (χ0) is 6.69. The van der Waals surface area contributed by atoms with Gasteiger partial charge in [-0.15, -0.1) is 24.8 Å². The Morgan fingerprint density at radius 3 is 2.36 bits per heavy atom. The van der Waals surface area contributed by atoms with Crippen molar-refractivity contribution in [2.45, 2.75) is 13.5 Å². The van der Waals surface area contributed by atoms with E-state index < -0.39 is 0 Å². The highest BCUT2D eigenvalue weighted by molar-refractivity contribution is 5.85. The maximum atomic E-state index is 8.59. The van der Waals surface area contributed by atoms with Crippen LogP contribution in [0.4, 0.5) is 0 Å². The number of aliphatic hydroxyl groups excluding tert-OH is 1. The van der Waals surface area contributed by atoms with Crippen molar-refractivity contribution in [3.63, 3.8) is 0 Å². The number of aliphatic hydroxyl groups is 1. The number of hydrogen-bond acceptors (Lipinski definition) is 2. The first-order chi connectivity index (χ1) is 4.33. The lowest BCUT2D eigenvalue weighted by Gasteiger charge is -1.93. The van der Waals surface area contributed by atoms with Crippen LogP contribution in [0.5, 0.6) is 0 Å². The smallest absolute Gasteiger partial charge is 0.0696 e. The van der Waals surface area contributed by atoms with Crippen LogP contribution in [0.1, 0.15) is 11.3 Å². The van der Waals surface area contributed by atoms with Crippen LogP contribution in [-0.2, 0) is 6.61 Å². The Kier molecular flexibility index (Phi) is 7.74. The Morgan fingerprint density at radius 1 is 1.36 bits per heavy atom. The molecule has 1 aromatic heterocycles. The zero-order valence-electron chi connectivity index (χ0n) is 6.15. The van der Waals surface area contributed by atoms with E-state index in [9.17, 15) is 0 Å². The molecule has 1 N–H and O–H groups in total. The van der Waals surface area contributed by atoms with E-state index in [-0.39, 0.29) is 31.4 Å². The second-order valence-corrected chi connectivity index (χ2v) is 1.97. The third-order valence-electron chi connectivity index (χ3n) is 1.16. The molecule has 0 spiro atoms. The third kappa shape index (κ3) is 4.19. The molecule has 0 saturated heterocycles. The first-order valence-electron chi connectivity index (χ1n) is 2.85. The molecule has 0 saturated carbocycles. The van der Waals surface area contributed by atoms with E-state index >= 15 is 0 Å². The maximum Gasteiger partial charge on any atom is 0.0696 e. The summed E-state index contributed by atoms with van der Waals surface area (Å²) in [6, 6.07) is 3.74. The van der Waals surface area contributed by atoms with Crippen LogP contribution in [0.25, 0.3) is 0 Å². The average molecular weight is 196 g/mol. The van der Waals surface area contributed by atoms with Crippen LogP contribution in [-0.4, -0.2) is 10.1 Å². The second-order valence-electron chi connectivity index (χ2n) is 1.97. The van der Waals surface area contributed by atoms with Crippen molar-refractivity contribution in [2.75, 3.05) is 0 Å². The van der Waals surface area contributed by atoms with Gasteiger partial charge in [-0.05, 0) is 18.6 Å². The number of aryl methyl sites for hydroxylation is 1. The van der Waals surface area contributed by atoms with Gasteiger partial charge in [0, 0.05) is 11.9 Å². The molecule has 1 rings (SSSR count). The summed E-state index contributed by atoms with van der Waals surface area (Å²) in [5.41, 5.74) is 1.84. The SMILES string of the molecule is Cc1ccc(CO)cn1.Cl.Cl.